The largest absolute Gasteiger partial charge is 0.467 e. The SMILES string of the molecule is COC(=O)C(F)c1ccc(Br)o1. The maximum atomic E-state index is 13.0. The zero-order chi connectivity index (χ0) is 9.14. The molecule has 0 aliphatic carbocycles. The average Bonchev–Trinajstić information content (AvgIpc) is 2.49. The molecule has 0 N–H and O–H groups in total. The number of halogens is 2. The molecule has 0 aliphatic rings. The van der Waals surface area contributed by atoms with Crippen LogP contribution in [0.5, 0.6) is 0 Å². The molecule has 5 heteroatoms. The Morgan fingerprint density at radius 3 is 2.83 bits per heavy atom. The number of esters is 1. The zero-order valence-corrected chi connectivity index (χ0v) is 7.80. The van der Waals surface area contributed by atoms with Crippen LogP contribution in [0.4, 0.5) is 4.39 Å². The third kappa shape index (κ3) is 1.85. The molecule has 1 heterocycles. The predicted molar refractivity (Wildman–Crippen MR) is 42.3 cm³/mol. The smallest absolute Gasteiger partial charge is 0.348 e. The minimum atomic E-state index is -1.85. The van der Waals surface area contributed by atoms with Crippen molar-refractivity contribution in [2.75, 3.05) is 7.11 Å². The monoisotopic (exact) mass is 236 g/mol. The van der Waals surface area contributed by atoms with Crippen molar-refractivity contribution in [2.24, 2.45) is 0 Å². The van der Waals surface area contributed by atoms with Crippen molar-refractivity contribution in [3.63, 3.8) is 0 Å². The summed E-state index contributed by atoms with van der Waals surface area (Å²) >= 11 is 2.99. The van der Waals surface area contributed by atoms with Gasteiger partial charge in [0.2, 0.25) is 0 Å². The standard InChI is InChI=1S/C7H6BrFO3/c1-11-7(10)6(9)4-2-3-5(8)12-4/h2-3,6H,1H3. The van der Waals surface area contributed by atoms with Crippen molar-refractivity contribution in [2.45, 2.75) is 6.17 Å². The normalized spacial score (nSPS) is 12.6. The Balaban J connectivity index is 2.77. The highest BCUT2D eigenvalue weighted by Crippen LogP contribution is 2.23. The van der Waals surface area contributed by atoms with E-state index in [1.165, 1.54) is 12.1 Å². The van der Waals surface area contributed by atoms with E-state index in [0.29, 0.717) is 4.67 Å². The van der Waals surface area contributed by atoms with Crippen molar-refractivity contribution in [3.8, 4) is 0 Å². The van der Waals surface area contributed by atoms with E-state index in [2.05, 4.69) is 20.7 Å². The molecule has 1 atom stereocenters. The maximum absolute atomic E-state index is 13.0. The van der Waals surface area contributed by atoms with Gasteiger partial charge in [0.15, 0.2) is 10.4 Å². The molecule has 0 bridgehead atoms. The second-order valence-electron chi connectivity index (χ2n) is 2.03. The van der Waals surface area contributed by atoms with E-state index < -0.39 is 12.1 Å². The van der Waals surface area contributed by atoms with Crippen molar-refractivity contribution in [1.82, 2.24) is 0 Å². The fourth-order valence-corrected chi connectivity index (χ4v) is 1.00. The van der Waals surface area contributed by atoms with Gasteiger partial charge in [-0.15, -0.1) is 0 Å². The number of carbonyl (C=O) groups excluding carboxylic acids is 1. The maximum Gasteiger partial charge on any atom is 0.348 e. The summed E-state index contributed by atoms with van der Waals surface area (Å²) in [5.41, 5.74) is 0. The average molecular weight is 237 g/mol. The number of carbonyl (C=O) groups is 1. The topological polar surface area (TPSA) is 39.4 Å². The van der Waals surface area contributed by atoms with Gasteiger partial charge in [0.25, 0.3) is 6.17 Å². The number of hydrogen-bond donors (Lipinski definition) is 0. The molecule has 0 aliphatic heterocycles. The van der Waals surface area contributed by atoms with Gasteiger partial charge in [-0.1, -0.05) is 0 Å². The van der Waals surface area contributed by atoms with Gasteiger partial charge in [-0.3, -0.25) is 0 Å². The third-order valence-electron chi connectivity index (χ3n) is 1.25. The third-order valence-corrected chi connectivity index (χ3v) is 1.68. The lowest BCUT2D eigenvalue weighted by Crippen LogP contribution is -2.08. The van der Waals surface area contributed by atoms with Crippen LogP contribution in [-0.4, -0.2) is 13.1 Å². The van der Waals surface area contributed by atoms with E-state index in [4.69, 9.17) is 4.42 Å². The number of ether oxygens (including phenoxy) is 1. The Hall–Kier alpha value is -0.840. The second-order valence-corrected chi connectivity index (χ2v) is 2.81. The number of alkyl halides is 1. The highest BCUT2D eigenvalue weighted by Gasteiger charge is 2.23. The molecule has 1 rings (SSSR count). The van der Waals surface area contributed by atoms with Crippen LogP contribution in [0.25, 0.3) is 0 Å². The highest BCUT2D eigenvalue weighted by atomic mass is 79.9. The van der Waals surface area contributed by atoms with Gasteiger partial charge in [-0.2, -0.15) is 0 Å². The molecule has 0 spiro atoms. The molecule has 0 amide bonds. The Bertz CT molecular complexity index is 284. The molecule has 3 nitrogen and oxygen atoms in total. The minimum absolute atomic E-state index is 0.0614. The lowest BCUT2D eigenvalue weighted by molar-refractivity contribution is -0.147. The lowest BCUT2D eigenvalue weighted by atomic mass is 10.3. The van der Waals surface area contributed by atoms with E-state index in [1.807, 2.05) is 0 Å². The van der Waals surface area contributed by atoms with E-state index >= 15 is 0 Å². The molecule has 66 valence electrons. The first-order valence-corrected chi connectivity index (χ1v) is 3.91. The van der Waals surface area contributed by atoms with E-state index in [0.717, 1.165) is 7.11 Å². The summed E-state index contributed by atoms with van der Waals surface area (Å²) in [4.78, 5) is 10.6. The lowest BCUT2D eigenvalue weighted by Gasteiger charge is -2.00. The van der Waals surface area contributed by atoms with Gasteiger partial charge >= 0.3 is 5.97 Å². The van der Waals surface area contributed by atoms with Crippen LogP contribution in [0.3, 0.4) is 0 Å². The van der Waals surface area contributed by atoms with Crippen molar-refractivity contribution >= 4 is 21.9 Å². The molecule has 1 aromatic rings. The first-order chi connectivity index (χ1) is 5.65. The van der Waals surface area contributed by atoms with Crippen LogP contribution in [0.1, 0.15) is 11.9 Å². The first-order valence-electron chi connectivity index (χ1n) is 3.12. The fraction of sp³-hybridized carbons (Fsp3) is 0.286. The molecular weight excluding hydrogens is 231 g/mol. The predicted octanol–water partition coefficient (Wildman–Crippen LogP) is 2.23. The summed E-state index contributed by atoms with van der Waals surface area (Å²) in [5, 5.41) is 0. The van der Waals surface area contributed by atoms with E-state index in [1.54, 1.807) is 0 Å². The Kier molecular flexibility index (Phi) is 2.86. The van der Waals surface area contributed by atoms with Gasteiger partial charge in [-0.25, -0.2) is 9.18 Å². The summed E-state index contributed by atoms with van der Waals surface area (Å²) in [6, 6.07) is 2.87. The Morgan fingerprint density at radius 1 is 1.75 bits per heavy atom. The first kappa shape index (κ1) is 9.25. The highest BCUT2D eigenvalue weighted by molar-refractivity contribution is 9.10. The molecular formula is C7H6BrFO3. The molecule has 0 aromatic carbocycles. The van der Waals surface area contributed by atoms with Crippen molar-refractivity contribution < 1.29 is 18.3 Å². The van der Waals surface area contributed by atoms with Crippen LogP contribution in [-0.2, 0) is 9.53 Å². The number of rotatable bonds is 2. The Labute approximate surface area is 76.6 Å². The van der Waals surface area contributed by atoms with Crippen molar-refractivity contribution in [1.29, 1.82) is 0 Å². The van der Waals surface area contributed by atoms with Crippen LogP contribution < -0.4 is 0 Å². The molecule has 0 saturated carbocycles. The van der Waals surface area contributed by atoms with E-state index in [-0.39, 0.29) is 5.76 Å². The van der Waals surface area contributed by atoms with E-state index in [9.17, 15) is 9.18 Å². The number of furan rings is 1. The molecule has 1 aromatic heterocycles. The summed E-state index contributed by atoms with van der Waals surface area (Å²) < 4.78 is 22.3. The van der Waals surface area contributed by atoms with Gasteiger partial charge in [0, 0.05) is 0 Å². The van der Waals surface area contributed by atoms with Gasteiger partial charge < -0.3 is 9.15 Å². The number of hydrogen-bond acceptors (Lipinski definition) is 3. The molecule has 1 unspecified atom stereocenters. The van der Waals surface area contributed by atoms with Crippen molar-refractivity contribution in [3.05, 3.63) is 22.6 Å². The fourth-order valence-electron chi connectivity index (χ4n) is 0.684. The van der Waals surface area contributed by atoms with Gasteiger partial charge in [0.1, 0.15) is 0 Å². The summed E-state index contributed by atoms with van der Waals surface area (Å²) in [7, 11) is 1.12. The van der Waals surface area contributed by atoms with Gasteiger partial charge in [0.05, 0.1) is 7.11 Å². The second kappa shape index (κ2) is 3.71. The molecule has 0 fully saturated rings. The van der Waals surface area contributed by atoms with Crippen LogP contribution in [0.15, 0.2) is 21.2 Å². The summed E-state index contributed by atoms with van der Waals surface area (Å²) in [5.74, 6) is -1.02. The minimum Gasteiger partial charge on any atom is -0.467 e. The summed E-state index contributed by atoms with van der Waals surface area (Å²) in [6.07, 6.45) is -1.85. The van der Waals surface area contributed by atoms with Crippen LogP contribution in [0, 0.1) is 0 Å². The van der Waals surface area contributed by atoms with Gasteiger partial charge in [-0.05, 0) is 28.1 Å². The molecule has 0 radical (unpaired) electrons. The molecule has 12 heavy (non-hydrogen) atoms. The van der Waals surface area contributed by atoms with Crippen LogP contribution in [0.2, 0.25) is 0 Å². The molecule has 0 saturated heterocycles. The zero-order valence-electron chi connectivity index (χ0n) is 6.21. The quantitative estimate of drug-likeness (QED) is 0.740. The Morgan fingerprint density at radius 2 is 2.42 bits per heavy atom. The number of methoxy groups -OCH3 is 1. The summed E-state index contributed by atoms with van der Waals surface area (Å²) in [6.45, 7) is 0. The van der Waals surface area contributed by atoms with Crippen LogP contribution >= 0.6 is 15.9 Å².